The molecule has 0 aromatic heterocycles. The Labute approximate surface area is 158 Å². The standard InChI is InChI=1S/C17H14BrClO5S/c18-11-3-1-10(2-4-11)14-15(17(14,9-20)16(21)22)25(23,24)13-7-5-12(19)6-8-13/h1-8,14-15,20H,9H2,(H,21,22)/t14-,15-,17-/m0/s1. The first kappa shape index (κ1) is 18.4. The van der Waals surface area contributed by atoms with Crippen LogP contribution < -0.4 is 0 Å². The summed E-state index contributed by atoms with van der Waals surface area (Å²) in [7, 11) is -3.97. The fourth-order valence-electron chi connectivity index (χ4n) is 3.28. The molecule has 0 heterocycles. The van der Waals surface area contributed by atoms with Gasteiger partial charge in [-0.15, -0.1) is 0 Å². The normalized spacial score (nSPS) is 25.6. The summed E-state index contributed by atoms with van der Waals surface area (Å²) in [5.41, 5.74) is -1.20. The second kappa shape index (κ2) is 6.39. The molecule has 2 aromatic carbocycles. The zero-order valence-electron chi connectivity index (χ0n) is 12.8. The molecule has 2 N–H and O–H groups in total. The third-order valence-corrected chi connectivity index (χ3v) is 7.69. The molecule has 3 rings (SSSR count). The number of carboxylic acids is 1. The van der Waals surface area contributed by atoms with E-state index in [1.165, 1.54) is 24.3 Å². The summed E-state index contributed by atoms with van der Waals surface area (Å²) >= 11 is 9.09. The quantitative estimate of drug-likeness (QED) is 0.738. The molecule has 0 aliphatic heterocycles. The van der Waals surface area contributed by atoms with Crippen molar-refractivity contribution in [3.63, 3.8) is 0 Å². The van der Waals surface area contributed by atoms with Crippen molar-refractivity contribution >= 4 is 43.3 Å². The Hall–Kier alpha value is -1.41. The summed E-state index contributed by atoms with van der Waals surface area (Å²) in [5.74, 6) is -2.16. The SMILES string of the molecule is O=C(O)[C@@]1(CO)[C@@H](c2ccc(Br)cc2)[C@@H]1S(=O)(=O)c1ccc(Cl)cc1. The predicted octanol–water partition coefficient (Wildman–Crippen LogP) is 3.11. The number of carbonyl (C=O) groups is 1. The molecule has 0 radical (unpaired) electrons. The van der Waals surface area contributed by atoms with Gasteiger partial charge in [0.2, 0.25) is 0 Å². The molecule has 0 amide bonds. The molecule has 5 nitrogen and oxygen atoms in total. The van der Waals surface area contributed by atoms with Crippen LogP contribution in [-0.4, -0.2) is 36.5 Å². The lowest BCUT2D eigenvalue weighted by Gasteiger charge is -2.09. The van der Waals surface area contributed by atoms with Gasteiger partial charge < -0.3 is 10.2 Å². The molecule has 0 spiro atoms. The fourth-order valence-corrected chi connectivity index (χ4v) is 6.04. The van der Waals surface area contributed by atoms with Crippen molar-refractivity contribution in [3.8, 4) is 0 Å². The van der Waals surface area contributed by atoms with E-state index in [0.29, 0.717) is 10.6 Å². The van der Waals surface area contributed by atoms with Crippen LogP contribution in [0.2, 0.25) is 5.02 Å². The third kappa shape index (κ3) is 2.89. The maximum absolute atomic E-state index is 13.0. The fraction of sp³-hybridized carbons (Fsp3) is 0.235. The minimum atomic E-state index is -3.97. The van der Waals surface area contributed by atoms with Gasteiger partial charge in [0.1, 0.15) is 5.41 Å². The molecule has 0 unspecified atom stereocenters. The lowest BCUT2D eigenvalue weighted by Crippen LogP contribution is -2.27. The van der Waals surface area contributed by atoms with Crippen LogP contribution in [0, 0.1) is 5.41 Å². The second-order valence-electron chi connectivity index (χ2n) is 5.95. The lowest BCUT2D eigenvalue weighted by molar-refractivity contribution is -0.145. The van der Waals surface area contributed by atoms with Crippen LogP contribution in [0.4, 0.5) is 0 Å². The second-order valence-corrected chi connectivity index (χ2v) is 9.37. The third-order valence-electron chi connectivity index (χ3n) is 4.62. The minimum absolute atomic E-state index is 0.0133. The number of rotatable bonds is 5. The highest BCUT2D eigenvalue weighted by molar-refractivity contribution is 9.10. The molecular weight excluding hydrogens is 432 g/mol. The summed E-state index contributed by atoms with van der Waals surface area (Å²) in [6, 6.07) is 12.3. The van der Waals surface area contributed by atoms with Gasteiger partial charge >= 0.3 is 5.97 Å². The molecule has 0 saturated heterocycles. The maximum Gasteiger partial charge on any atom is 0.314 e. The molecule has 0 bridgehead atoms. The van der Waals surface area contributed by atoms with Crippen molar-refractivity contribution in [2.45, 2.75) is 16.1 Å². The number of halogens is 2. The van der Waals surface area contributed by atoms with Crippen LogP contribution in [0.3, 0.4) is 0 Å². The molecule has 25 heavy (non-hydrogen) atoms. The van der Waals surface area contributed by atoms with E-state index in [0.717, 1.165) is 4.47 Å². The minimum Gasteiger partial charge on any atom is -0.481 e. The smallest absolute Gasteiger partial charge is 0.314 e. The van der Waals surface area contributed by atoms with E-state index in [2.05, 4.69) is 15.9 Å². The van der Waals surface area contributed by atoms with Crippen LogP contribution in [0.1, 0.15) is 11.5 Å². The van der Waals surface area contributed by atoms with Gasteiger partial charge in [0.15, 0.2) is 9.84 Å². The van der Waals surface area contributed by atoms with Gasteiger partial charge in [0.05, 0.1) is 16.8 Å². The van der Waals surface area contributed by atoms with E-state index >= 15 is 0 Å². The van der Waals surface area contributed by atoms with Gasteiger partial charge in [0, 0.05) is 15.4 Å². The number of carboxylic acid groups (broad SMARTS) is 1. The van der Waals surface area contributed by atoms with Crippen molar-refractivity contribution in [2.24, 2.45) is 5.41 Å². The molecule has 1 aliphatic rings. The molecule has 1 aliphatic carbocycles. The monoisotopic (exact) mass is 444 g/mol. The van der Waals surface area contributed by atoms with Crippen molar-refractivity contribution in [3.05, 3.63) is 63.6 Å². The van der Waals surface area contributed by atoms with Gasteiger partial charge in [-0.25, -0.2) is 8.42 Å². The number of benzene rings is 2. The van der Waals surface area contributed by atoms with Crippen molar-refractivity contribution in [1.29, 1.82) is 0 Å². The van der Waals surface area contributed by atoms with Crippen LogP contribution in [0.25, 0.3) is 0 Å². The molecule has 2 aromatic rings. The number of sulfone groups is 1. The van der Waals surface area contributed by atoms with E-state index in [4.69, 9.17) is 11.6 Å². The van der Waals surface area contributed by atoms with Gasteiger partial charge in [-0.1, -0.05) is 39.7 Å². The van der Waals surface area contributed by atoms with E-state index in [-0.39, 0.29) is 4.90 Å². The average Bonchev–Trinajstić information content (AvgIpc) is 3.27. The predicted molar refractivity (Wildman–Crippen MR) is 96.5 cm³/mol. The number of hydrogen-bond donors (Lipinski definition) is 2. The molecular formula is C17H14BrClO5S. The molecule has 132 valence electrons. The number of aliphatic carboxylic acids is 1. The largest absolute Gasteiger partial charge is 0.481 e. The Morgan fingerprint density at radius 2 is 1.68 bits per heavy atom. The Morgan fingerprint density at radius 1 is 1.12 bits per heavy atom. The summed E-state index contributed by atoms with van der Waals surface area (Å²) in [6.07, 6.45) is 0. The van der Waals surface area contributed by atoms with E-state index in [9.17, 15) is 23.4 Å². The Kier molecular flexibility index (Phi) is 4.70. The van der Waals surface area contributed by atoms with Crippen molar-refractivity contribution in [2.75, 3.05) is 6.61 Å². The first-order chi connectivity index (χ1) is 11.7. The lowest BCUT2D eigenvalue weighted by atomic mass is 10.0. The summed E-state index contributed by atoms with van der Waals surface area (Å²) in [5, 5.41) is 18.6. The highest BCUT2D eigenvalue weighted by Gasteiger charge is 2.75. The van der Waals surface area contributed by atoms with Crippen LogP contribution in [-0.2, 0) is 14.6 Å². The van der Waals surface area contributed by atoms with Gasteiger partial charge in [-0.3, -0.25) is 4.79 Å². The topological polar surface area (TPSA) is 91.7 Å². The van der Waals surface area contributed by atoms with Gasteiger partial charge in [0.25, 0.3) is 0 Å². The molecule has 8 heteroatoms. The van der Waals surface area contributed by atoms with Crippen molar-refractivity contribution in [1.82, 2.24) is 0 Å². The van der Waals surface area contributed by atoms with E-state index in [1.54, 1.807) is 24.3 Å². The van der Waals surface area contributed by atoms with Gasteiger partial charge in [-0.2, -0.15) is 0 Å². The highest BCUT2D eigenvalue weighted by atomic mass is 79.9. The summed E-state index contributed by atoms with van der Waals surface area (Å²) in [6.45, 7) is -0.763. The van der Waals surface area contributed by atoms with E-state index in [1.807, 2.05) is 0 Å². The molecule has 1 saturated carbocycles. The van der Waals surface area contributed by atoms with Gasteiger partial charge in [-0.05, 0) is 42.0 Å². The van der Waals surface area contributed by atoms with E-state index < -0.39 is 39.0 Å². The highest BCUT2D eigenvalue weighted by Crippen LogP contribution is 2.64. The van der Waals surface area contributed by atoms with Crippen LogP contribution in [0.15, 0.2) is 57.9 Å². The zero-order chi connectivity index (χ0) is 18.4. The van der Waals surface area contributed by atoms with Crippen molar-refractivity contribution < 1.29 is 23.4 Å². The number of aliphatic hydroxyl groups is 1. The Morgan fingerprint density at radius 3 is 2.16 bits per heavy atom. The molecule has 3 atom stereocenters. The summed E-state index contributed by atoms with van der Waals surface area (Å²) < 4.78 is 26.8. The first-order valence-corrected chi connectivity index (χ1v) is 10.1. The zero-order valence-corrected chi connectivity index (χ0v) is 15.9. The Bertz CT molecular complexity index is 911. The molecule has 1 fully saturated rings. The van der Waals surface area contributed by atoms with Crippen LogP contribution in [0.5, 0.6) is 0 Å². The maximum atomic E-state index is 13.0. The Balaban J connectivity index is 2.10. The number of hydrogen-bond acceptors (Lipinski definition) is 4. The van der Waals surface area contributed by atoms with Crippen LogP contribution >= 0.6 is 27.5 Å². The number of aliphatic hydroxyl groups excluding tert-OH is 1. The summed E-state index contributed by atoms with van der Waals surface area (Å²) in [4.78, 5) is 11.8. The average molecular weight is 446 g/mol. The first-order valence-electron chi connectivity index (χ1n) is 7.34.